The van der Waals surface area contributed by atoms with Crippen molar-refractivity contribution in [3.63, 3.8) is 0 Å². The number of benzene rings is 3. The SMILES string of the molecule is Cc1ccc(S(=O)(=O)/N=C(/Cc2ccc(CC(=O)NS(=O)(=O)c3ccc(C)cc3)cc2)OCCCCCCC(C)(C)C)cc1. The van der Waals surface area contributed by atoms with Crippen LogP contribution in [0.15, 0.2) is 87.0 Å². The molecule has 0 aliphatic carbocycles. The summed E-state index contributed by atoms with van der Waals surface area (Å²) in [6.45, 7) is 10.8. The molecule has 0 atom stereocenters. The highest BCUT2D eigenvalue weighted by Crippen LogP contribution is 2.22. The molecule has 3 aromatic carbocycles. The van der Waals surface area contributed by atoms with E-state index in [1.807, 2.05) is 13.8 Å². The molecule has 1 N–H and O–H groups in total. The average molecular weight is 641 g/mol. The van der Waals surface area contributed by atoms with Crippen LogP contribution in [0.1, 0.15) is 75.1 Å². The Morgan fingerprint density at radius 3 is 1.75 bits per heavy atom. The molecule has 0 spiro atoms. The maximum atomic E-state index is 13.1. The fraction of sp³-hybridized carbons (Fsp3) is 0.412. The molecule has 0 radical (unpaired) electrons. The summed E-state index contributed by atoms with van der Waals surface area (Å²) < 4.78 is 63.3. The lowest BCUT2D eigenvalue weighted by Crippen LogP contribution is -2.31. The first-order chi connectivity index (χ1) is 20.6. The highest BCUT2D eigenvalue weighted by Gasteiger charge is 2.19. The van der Waals surface area contributed by atoms with Crippen LogP contribution in [0.5, 0.6) is 0 Å². The van der Waals surface area contributed by atoms with Crippen molar-refractivity contribution >= 4 is 31.9 Å². The number of hydrogen-bond donors (Lipinski definition) is 1. The van der Waals surface area contributed by atoms with E-state index in [1.54, 1.807) is 48.5 Å². The molecule has 0 aliphatic heterocycles. The fourth-order valence-corrected chi connectivity index (χ4v) is 6.36. The number of hydrogen-bond acceptors (Lipinski definition) is 6. The van der Waals surface area contributed by atoms with Gasteiger partial charge in [-0.1, -0.05) is 99.7 Å². The van der Waals surface area contributed by atoms with Crippen molar-refractivity contribution in [3.05, 3.63) is 95.1 Å². The summed E-state index contributed by atoms with van der Waals surface area (Å²) in [5.74, 6) is -0.564. The van der Waals surface area contributed by atoms with Gasteiger partial charge >= 0.3 is 0 Å². The van der Waals surface area contributed by atoms with Gasteiger partial charge in [0.05, 0.1) is 22.8 Å². The maximum absolute atomic E-state index is 13.1. The molecule has 0 fully saturated rings. The van der Waals surface area contributed by atoms with Crippen LogP contribution in [-0.2, 0) is 42.4 Å². The Morgan fingerprint density at radius 2 is 1.20 bits per heavy atom. The molecule has 0 heterocycles. The lowest BCUT2D eigenvalue weighted by Gasteiger charge is -2.17. The molecule has 0 bridgehead atoms. The van der Waals surface area contributed by atoms with Gasteiger partial charge in [-0.15, -0.1) is 4.40 Å². The van der Waals surface area contributed by atoms with Crippen LogP contribution in [0.2, 0.25) is 0 Å². The molecule has 3 aromatic rings. The summed E-state index contributed by atoms with van der Waals surface area (Å²) in [5, 5.41) is 0. The van der Waals surface area contributed by atoms with Crippen molar-refractivity contribution in [2.75, 3.05) is 6.61 Å². The van der Waals surface area contributed by atoms with Gasteiger partial charge in [-0.25, -0.2) is 13.1 Å². The molecule has 8 nitrogen and oxygen atoms in total. The molecule has 10 heteroatoms. The standard InChI is InChI=1S/C34H44N2O6S2/c1-26-10-18-30(19-11-26)43(38,39)35-32(37)24-28-14-16-29(17-15-28)25-33(42-23-9-7-6-8-22-34(3,4)5)36-44(40,41)31-20-12-27(2)13-21-31/h10-21H,6-9,22-25H2,1-5H3,(H,35,37)/b36-33-. The number of carbonyl (C=O) groups is 1. The van der Waals surface area contributed by atoms with Crippen LogP contribution < -0.4 is 4.72 Å². The number of unbranched alkanes of at least 4 members (excludes halogenated alkanes) is 3. The second-order valence-corrected chi connectivity index (χ2v) is 15.6. The van der Waals surface area contributed by atoms with E-state index in [9.17, 15) is 21.6 Å². The van der Waals surface area contributed by atoms with Crippen molar-refractivity contribution in [1.29, 1.82) is 0 Å². The molecule has 1 amide bonds. The summed E-state index contributed by atoms with van der Waals surface area (Å²) >= 11 is 0. The molecule has 0 saturated heterocycles. The van der Waals surface area contributed by atoms with Gasteiger partial charge < -0.3 is 4.74 Å². The van der Waals surface area contributed by atoms with E-state index < -0.39 is 26.0 Å². The predicted octanol–water partition coefficient (Wildman–Crippen LogP) is 6.69. The monoisotopic (exact) mass is 640 g/mol. The van der Waals surface area contributed by atoms with E-state index in [-0.39, 0.29) is 28.5 Å². The first kappa shape index (κ1) is 35.0. The van der Waals surface area contributed by atoms with E-state index in [1.165, 1.54) is 24.3 Å². The first-order valence-corrected chi connectivity index (χ1v) is 17.8. The zero-order chi connectivity index (χ0) is 32.4. The minimum Gasteiger partial charge on any atom is -0.480 e. The van der Waals surface area contributed by atoms with Gasteiger partial charge in [-0.05, 0) is 67.5 Å². The number of ether oxygens (including phenoxy) is 1. The van der Waals surface area contributed by atoms with Crippen molar-refractivity contribution in [1.82, 2.24) is 4.72 Å². The minimum absolute atomic E-state index is 0.0177. The Kier molecular flexibility index (Phi) is 12.3. The maximum Gasteiger partial charge on any atom is 0.285 e. The van der Waals surface area contributed by atoms with E-state index in [0.717, 1.165) is 48.8 Å². The van der Waals surface area contributed by atoms with Crippen molar-refractivity contribution in [2.45, 2.75) is 89.4 Å². The van der Waals surface area contributed by atoms with Crippen molar-refractivity contribution in [3.8, 4) is 0 Å². The molecule has 44 heavy (non-hydrogen) atoms. The van der Waals surface area contributed by atoms with Gasteiger partial charge in [-0.3, -0.25) is 4.79 Å². The number of nitrogens with zero attached hydrogens (tertiary/aromatic N) is 1. The Labute approximate surface area is 263 Å². The normalized spacial score (nSPS) is 12.6. The Morgan fingerprint density at radius 1 is 0.705 bits per heavy atom. The summed E-state index contributed by atoms with van der Waals surface area (Å²) in [6.07, 6.45) is 5.13. The number of sulfonamides is 2. The first-order valence-electron chi connectivity index (χ1n) is 14.9. The lowest BCUT2D eigenvalue weighted by atomic mass is 9.89. The highest BCUT2D eigenvalue weighted by atomic mass is 32.2. The quantitative estimate of drug-likeness (QED) is 0.119. The molecule has 0 aromatic heterocycles. The summed E-state index contributed by atoms with van der Waals surface area (Å²) in [4.78, 5) is 12.6. The molecule has 0 saturated carbocycles. The van der Waals surface area contributed by atoms with Crippen molar-refractivity contribution in [2.24, 2.45) is 9.81 Å². The van der Waals surface area contributed by atoms with E-state index >= 15 is 0 Å². The third kappa shape index (κ3) is 11.9. The Bertz CT molecular complexity index is 1620. The van der Waals surface area contributed by atoms with Crippen LogP contribution in [0, 0.1) is 19.3 Å². The van der Waals surface area contributed by atoms with Gasteiger partial charge in [0.2, 0.25) is 11.8 Å². The summed E-state index contributed by atoms with van der Waals surface area (Å²) in [6, 6.07) is 19.6. The smallest absolute Gasteiger partial charge is 0.285 e. The molecule has 238 valence electrons. The van der Waals surface area contributed by atoms with Gasteiger partial charge in [-0.2, -0.15) is 8.42 Å². The van der Waals surface area contributed by atoms with Crippen LogP contribution in [0.25, 0.3) is 0 Å². The van der Waals surface area contributed by atoms with Crippen LogP contribution in [-0.4, -0.2) is 35.2 Å². The fourth-order valence-electron chi connectivity index (χ4n) is 4.40. The zero-order valence-electron chi connectivity index (χ0n) is 26.3. The van der Waals surface area contributed by atoms with Crippen LogP contribution in [0.3, 0.4) is 0 Å². The number of carbonyl (C=O) groups excluding carboxylic acids is 1. The summed E-state index contributed by atoms with van der Waals surface area (Å²) in [7, 11) is -7.95. The molecule has 3 rings (SSSR count). The van der Waals surface area contributed by atoms with Crippen LogP contribution in [0.4, 0.5) is 0 Å². The number of rotatable bonds is 14. The van der Waals surface area contributed by atoms with Crippen LogP contribution >= 0.6 is 0 Å². The second-order valence-electron chi connectivity index (χ2n) is 12.4. The van der Waals surface area contributed by atoms with Gasteiger partial charge in [0.25, 0.3) is 20.0 Å². The lowest BCUT2D eigenvalue weighted by molar-refractivity contribution is -0.118. The highest BCUT2D eigenvalue weighted by molar-refractivity contribution is 7.90. The summed E-state index contributed by atoms with van der Waals surface area (Å²) in [5.41, 5.74) is 3.50. The number of nitrogens with one attached hydrogen (secondary N) is 1. The molecule has 0 aliphatic rings. The van der Waals surface area contributed by atoms with Crippen molar-refractivity contribution < 1.29 is 26.4 Å². The molecular weight excluding hydrogens is 597 g/mol. The van der Waals surface area contributed by atoms with Gasteiger partial charge in [0.1, 0.15) is 0 Å². The van der Waals surface area contributed by atoms with Gasteiger partial charge in [0, 0.05) is 6.42 Å². The number of aryl methyl sites for hydroxylation is 2. The Hall–Kier alpha value is -3.50. The largest absolute Gasteiger partial charge is 0.480 e. The second kappa shape index (κ2) is 15.5. The van der Waals surface area contributed by atoms with Gasteiger partial charge in [0.15, 0.2) is 0 Å². The third-order valence-corrected chi connectivity index (χ3v) is 9.65. The average Bonchev–Trinajstić information content (AvgIpc) is 2.93. The topological polar surface area (TPSA) is 119 Å². The predicted molar refractivity (Wildman–Crippen MR) is 175 cm³/mol. The van der Waals surface area contributed by atoms with E-state index in [4.69, 9.17) is 4.74 Å². The third-order valence-electron chi connectivity index (χ3n) is 6.95. The number of amides is 1. The van der Waals surface area contributed by atoms with E-state index in [0.29, 0.717) is 17.6 Å². The minimum atomic E-state index is -3.98. The molecular formula is C34H44N2O6S2. The molecule has 0 unspecified atom stereocenters. The Balaban J connectivity index is 1.65. The zero-order valence-corrected chi connectivity index (χ0v) is 27.9. The van der Waals surface area contributed by atoms with E-state index in [2.05, 4.69) is 29.9 Å².